The summed E-state index contributed by atoms with van der Waals surface area (Å²) in [4.78, 5) is 35.7. The summed E-state index contributed by atoms with van der Waals surface area (Å²) >= 11 is 0. The van der Waals surface area contributed by atoms with Crippen molar-refractivity contribution in [3.05, 3.63) is 59.7 Å². The van der Waals surface area contributed by atoms with Crippen molar-refractivity contribution in [2.45, 2.75) is 18.1 Å². The SMILES string of the molecule is O=C(NCC(C(=O)NC1COCC1C(=O)O)C(F)(F)F)OCC1c2ccccc2-c2ccccc21. The van der Waals surface area contributed by atoms with Crippen LogP contribution in [0.15, 0.2) is 48.5 Å². The monoisotopic (exact) mass is 492 g/mol. The van der Waals surface area contributed by atoms with Gasteiger partial charge in [0.05, 0.1) is 19.3 Å². The Morgan fingerprint density at radius 2 is 1.63 bits per heavy atom. The first-order chi connectivity index (χ1) is 16.7. The number of halogens is 3. The standard InChI is InChI=1S/C24H23F3N2O6/c25-24(26,27)19(21(30)29-20-12-34-10-18(20)22(31)32)9-28-23(33)35-11-17-15-7-3-1-5-13(15)14-6-2-4-8-16(14)17/h1-8,17-20H,9-12H2,(H,28,33)(H,29,30)(H,31,32). The van der Waals surface area contributed by atoms with E-state index in [0.717, 1.165) is 22.3 Å². The summed E-state index contributed by atoms with van der Waals surface area (Å²) in [6.45, 7) is -1.58. The lowest BCUT2D eigenvalue weighted by atomic mass is 9.98. The zero-order valence-electron chi connectivity index (χ0n) is 18.4. The van der Waals surface area contributed by atoms with Crippen LogP contribution in [-0.2, 0) is 19.1 Å². The number of carbonyl (C=O) groups excluding carboxylic acids is 2. The summed E-state index contributed by atoms with van der Waals surface area (Å²) in [6, 6.07) is 14.1. The van der Waals surface area contributed by atoms with Gasteiger partial charge in [0, 0.05) is 12.5 Å². The highest BCUT2D eigenvalue weighted by molar-refractivity contribution is 5.82. The fourth-order valence-corrected chi connectivity index (χ4v) is 4.42. The van der Waals surface area contributed by atoms with Crippen LogP contribution < -0.4 is 10.6 Å². The third-order valence-electron chi connectivity index (χ3n) is 6.23. The second-order valence-electron chi connectivity index (χ2n) is 8.40. The number of carbonyl (C=O) groups is 3. The number of alkyl halides is 3. The molecular formula is C24H23F3N2O6. The quantitative estimate of drug-likeness (QED) is 0.548. The molecule has 8 nitrogen and oxygen atoms in total. The molecule has 3 atom stereocenters. The molecule has 1 aliphatic heterocycles. The van der Waals surface area contributed by atoms with Gasteiger partial charge in [-0.05, 0) is 22.3 Å². The highest BCUT2D eigenvalue weighted by Gasteiger charge is 2.47. The molecule has 1 heterocycles. The van der Waals surface area contributed by atoms with Crippen LogP contribution in [0.1, 0.15) is 17.0 Å². The van der Waals surface area contributed by atoms with Gasteiger partial charge in [-0.15, -0.1) is 0 Å². The molecule has 0 radical (unpaired) electrons. The Kier molecular flexibility index (Phi) is 6.97. The molecule has 1 saturated heterocycles. The summed E-state index contributed by atoms with van der Waals surface area (Å²) < 4.78 is 50.7. The van der Waals surface area contributed by atoms with E-state index >= 15 is 0 Å². The zero-order valence-corrected chi connectivity index (χ0v) is 18.4. The van der Waals surface area contributed by atoms with Crippen LogP contribution in [0.2, 0.25) is 0 Å². The van der Waals surface area contributed by atoms with E-state index in [9.17, 15) is 27.6 Å². The summed E-state index contributed by atoms with van der Waals surface area (Å²) in [5.41, 5.74) is 3.89. The molecule has 0 spiro atoms. The van der Waals surface area contributed by atoms with Crippen molar-refractivity contribution < 1.29 is 42.1 Å². The molecule has 11 heteroatoms. The Hall–Kier alpha value is -3.60. The van der Waals surface area contributed by atoms with E-state index in [2.05, 4.69) is 5.32 Å². The molecule has 35 heavy (non-hydrogen) atoms. The second kappa shape index (κ2) is 9.95. The van der Waals surface area contributed by atoms with Gasteiger partial charge in [-0.3, -0.25) is 9.59 Å². The summed E-state index contributed by atoms with van der Waals surface area (Å²) in [6.07, 6.45) is -6.07. The van der Waals surface area contributed by atoms with Gasteiger partial charge in [-0.1, -0.05) is 48.5 Å². The maximum atomic E-state index is 13.5. The van der Waals surface area contributed by atoms with Crippen LogP contribution in [0.5, 0.6) is 0 Å². The highest BCUT2D eigenvalue weighted by Crippen LogP contribution is 2.44. The van der Waals surface area contributed by atoms with Crippen molar-refractivity contribution in [2.24, 2.45) is 11.8 Å². The van der Waals surface area contributed by atoms with Crippen LogP contribution in [-0.4, -0.2) is 61.7 Å². The van der Waals surface area contributed by atoms with Gasteiger partial charge in [0.25, 0.3) is 0 Å². The largest absolute Gasteiger partial charge is 0.481 e. The molecule has 0 saturated carbocycles. The Morgan fingerprint density at radius 3 is 2.20 bits per heavy atom. The van der Waals surface area contributed by atoms with Crippen molar-refractivity contribution in [1.82, 2.24) is 10.6 Å². The normalized spacial score (nSPS) is 20.0. The third-order valence-corrected chi connectivity index (χ3v) is 6.23. The van der Waals surface area contributed by atoms with Crippen LogP contribution in [0, 0.1) is 11.8 Å². The summed E-state index contributed by atoms with van der Waals surface area (Å²) in [5, 5.41) is 13.2. The number of carboxylic acids is 1. The second-order valence-corrected chi connectivity index (χ2v) is 8.40. The van der Waals surface area contributed by atoms with Gasteiger partial charge in [-0.2, -0.15) is 13.2 Å². The molecule has 0 aromatic heterocycles. The van der Waals surface area contributed by atoms with Gasteiger partial charge in [-0.25, -0.2) is 4.79 Å². The highest BCUT2D eigenvalue weighted by atomic mass is 19.4. The predicted octanol–water partition coefficient (Wildman–Crippen LogP) is 2.92. The molecular weight excluding hydrogens is 469 g/mol. The minimum absolute atomic E-state index is 0.0948. The molecule has 1 fully saturated rings. The molecule has 2 amide bonds. The molecule has 4 rings (SSSR count). The smallest absolute Gasteiger partial charge is 0.407 e. The minimum Gasteiger partial charge on any atom is -0.481 e. The van der Waals surface area contributed by atoms with Crippen LogP contribution in [0.3, 0.4) is 0 Å². The van der Waals surface area contributed by atoms with E-state index in [0.29, 0.717) is 0 Å². The molecule has 0 bridgehead atoms. The number of aliphatic carboxylic acids is 1. The van der Waals surface area contributed by atoms with Gasteiger partial charge >= 0.3 is 18.2 Å². The summed E-state index contributed by atoms with van der Waals surface area (Å²) in [5.74, 6) is -6.74. The van der Waals surface area contributed by atoms with E-state index in [1.54, 1.807) is 0 Å². The lowest BCUT2D eigenvalue weighted by molar-refractivity contribution is -0.181. The van der Waals surface area contributed by atoms with Crippen molar-refractivity contribution >= 4 is 18.0 Å². The van der Waals surface area contributed by atoms with E-state index in [-0.39, 0.29) is 25.7 Å². The molecule has 2 aliphatic rings. The number of nitrogens with one attached hydrogen (secondary N) is 2. The zero-order chi connectivity index (χ0) is 25.2. The lowest BCUT2D eigenvalue weighted by Gasteiger charge is -2.23. The van der Waals surface area contributed by atoms with Gasteiger partial charge in [0.1, 0.15) is 12.5 Å². The number of hydrogen-bond acceptors (Lipinski definition) is 5. The lowest BCUT2D eigenvalue weighted by Crippen LogP contribution is -2.51. The maximum absolute atomic E-state index is 13.5. The van der Waals surface area contributed by atoms with Crippen molar-refractivity contribution in [3.63, 3.8) is 0 Å². The first-order valence-corrected chi connectivity index (χ1v) is 10.9. The topological polar surface area (TPSA) is 114 Å². The number of fused-ring (bicyclic) bond motifs is 3. The predicted molar refractivity (Wildman–Crippen MR) is 116 cm³/mol. The Morgan fingerprint density at radius 1 is 1.03 bits per heavy atom. The van der Waals surface area contributed by atoms with E-state index in [4.69, 9.17) is 14.6 Å². The van der Waals surface area contributed by atoms with E-state index in [1.165, 1.54) is 0 Å². The number of alkyl carbamates (subject to hydrolysis) is 1. The first-order valence-electron chi connectivity index (χ1n) is 10.9. The van der Waals surface area contributed by atoms with Crippen LogP contribution >= 0.6 is 0 Å². The third kappa shape index (κ3) is 5.24. The number of ether oxygens (including phenoxy) is 2. The molecule has 2 aromatic carbocycles. The van der Waals surface area contributed by atoms with Crippen LogP contribution in [0.25, 0.3) is 11.1 Å². The fourth-order valence-electron chi connectivity index (χ4n) is 4.42. The van der Waals surface area contributed by atoms with E-state index < -0.39 is 48.6 Å². The van der Waals surface area contributed by atoms with Crippen molar-refractivity contribution in [1.29, 1.82) is 0 Å². The average molecular weight is 492 g/mol. The molecule has 2 aromatic rings. The maximum Gasteiger partial charge on any atom is 0.407 e. The Labute approximate surface area is 198 Å². The van der Waals surface area contributed by atoms with Gasteiger partial charge in [0.2, 0.25) is 5.91 Å². The van der Waals surface area contributed by atoms with Crippen molar-refractivity contribution in [3.8, 4) is 11.1 Å². The minimum atomic E-state index is -4.97. The molecule has 1 aliphatic carbocycles. The first kappa shape index (κ1) is 24.5. The number of rotatable bonds is 7. The number of amides is 2. The molecule has 186 valence electrons. The number of carboxylic acid groups (broad SMARTS) is 1. The van der Waals surface area contributed by atoms with E-state index in [1.807, 2.05) is 53.8 Å². The van der Waals surface area contributed by atoms with Crippen molar-refractivity contribution in [2.75, 3.05) is 26.4 Å². The molecule has 3 N–H and O–H groups in total. The Bertz CT molecular complexity index is 1080. The molecule has 3 unspecified atom stereocenters. The Balaban J connectivity index is 1.36. The number of hydrogen-bond donors (Lipinski definition) is 3. The average Bonchev–Trinajstić information content (AvgIpc) is 3.39. The summed E-state index contributed by atoms with van der Waals surface area (Å²) in [7, 11) is 0. The number of benzene rings is 2. The van der Waals surface area contributed by atoms with Gasteiger partial charge in [0.15, 0.2) is 5.92 Å². The fraction of sp³-hybridized carbons (Fsp3) is 0.375. The van der Waals surface area contributed by atoms with Gasteiger partial charge < -0.3 is 25.2 Å². The van der Waals surface area contributed by atoms with Crippen LogP contribution in [0.4, 0.5) is 18.0 Å².